The first-order chi connectivity index (χ1) is 17.8. The Bertz CT molecular complexity index is 1770. The zero-order valence-corrected chi connectivity index (χ0v) is 20.0. The predicted octanol–water partition coefficient (Wildman–Crippen LogP) is 8.23. The number of nitrogens with zero attached hydrogens (tertiary/aromatic N) is 2. The summed E-state index contributed by atoms with van der Waals surface area (Å²) < 4.78 is 24.0. The van der Waals surface area contributed by atoms with E-state index in [0.29, 0.717) is 27.8 Å². The van der Waals surface area contributed by atoms with Crippen molar-refractivity contribution in [3.05, 3.63) is 119 Å². The number of aromatic nitrogens is 2. The molecule has 3 aromatic heterocycles. The van der Waals surface area contributed by atoms with E-state index in [4.69, 9.17) is 7.16 Å². The molecule has 3 nitrogen and oxygen atoms in total. The molecule has 6 rings (SSSR count). The van der Waals surface area contributed by atoms with Crippen molar-refractivity contribution in [2.24, 2.45) is 0 Å². The zero-order chi connectivity index (χ0) is 25.7. The highest BCUT2D eigenvalue weighted by Gasteiger charge is 2.15. The lowest BCUT2D eigenvalue weighted by Crippen LogP contribution is -1.92. The first kappa shape index (κ1) is 19.1. The molecule has 0 amide bonds. The first-order valence-corrected chi connectivity index (χ1v) is 11.7. The standard InChI is InChI=1S/C32H26N2O/c1-20-15-21(2)30(22(3)16-20)26-11-13-33-28(19-26)24-9-10-29-27(18-24)31-25(12-14-34-32(31)35-29)17-23-7-5-4-6-8-23/h4-16,18-19H,17H2,1-3H3/i17D2. The van der Waals surface area contributed by atoms with Gasteiger partial charge in [-0.15, -0.1) is 0 Å². The van der Waals surface area contributed by atoms with E-state index in [2.05, 4.69) is 55.0 Å². The molecule has 3 heterocycles. The highest BCUT2D eigenvalue weighted by Crippen LogP contribution is 2.35. The lowest BCUT2D eigenvalue weighted by molar-refractivity contribution is 0.654. The Morgan fingerprint density at radius 3 is 2.34 bits per heavy atom. The van der Waals surface area contributed by atoms with Gasteiger partial charge in [-0.2, -0.15) is 0 Å². The van der Waals surface area contributed by atoms with Crippen LogP contribution in [0, 0.1) is 20.8 Å². The van der Waals surface area contributed by atoms with Gasteiger partial charge in [0.15, 0.2) is 0 Å². The summed E-state index contributed by atoms with van der Waals surface area (Å²) in [5, 5.41) is 1.51. The van der Waals surface area contributed by atoms with Crippen LogP contribution >= 0.6 is 0 Å². The number of aryl methyl sites for hydroxylation is 3. The second-order valence-corrected chi connectivity index (χ2v) is 9.05. The minimum atomic E-state index is -1.71. The molecule has 3 aromatic carbocycles. The summed E-state index contributed by atoms with van der Waals surface area (Å²) >= 11 is 0. The highest BCUT2D eigenvalue weighted by atomic mass is 16.3. The van der Waals surface area contributed by atoms with Crippen LogP contribution < -0.4 is 0 Å². The molecule has 0 aliphatic heterocycles. The van der Waals surface area contributed by atoms with Crippen molar-refractivity contribution in [2.45, 2.75) is 27.1 Å². The molecule has 0 fully saturated rings. The maximum absolute atomic E-state index is 8.99. The Labute approximate surface area is 207 Å². The Morgan fingerprint density at radius 2 is 1.54 bits per heavy atom. The van der Waals surface area contributed by atoms with Gasteiger partial charge in [0, 0.05) is 26.1 Å². The minimum absolute atomic E-state index is 0.428. The molecule has 3 heteroatoms. The molecule has 0 saturated heterocycles. The van der Waals surface area contributed by atoms with E-state index < -0.39 is 6.37 Å². The molecule has 35 heavy (non-hydrogen) atoms. The fourth-order valence-corrected chi connectivity index (χ4v) is 5.02. The Kier molecular flexibility index (Phi) is 4.65. The second-order valence-electron chi connectivity index (χ2n) is 9.05. The lowest BCUT2D eigenvalue weighted by Gasteiger charge is -2.12. The smallest absolute Gasteiger partial charge is 0.227 e. The van der Waals surface area contributed by atoms with Gasteiger partial charge in [-0.25, -0.2) is 4.98 Å². The fourth-order valence-electron chi connectivity index (χ4n) is 5.02. The molecule has 170 valence electrons. The fraction of sp³-hybridized carbons (Fsp3) is 0.125. The number of hydrogen-bond donors (Lipinski definition) is 0. The molecule has 0 aliphatic rings. The van der Waals surface area contributed by atoms with Crippen molar-refractivity contribution in [2.75, 3.05) is 0 Å². The molecule has 0 radical (unpaired) electrons. The monoisotopic (exact) mass is 456 g/mol. The van der Waals surface area contributed by atoms with Crippen LogP contribution in [0.4, 0.5) is 0 Å². The van der Waals surface area contributed by atoms with Crippen molar-refractivity contribution >= 4 is 22.1 Å². The van der Waals surface area contributed by atoms with Gasteiger partial charge < -0.3 is 4.42 Å². The third-order valence-corrected chi connectivity index (χ3v) is 6.45. The molecule has 0 unspecified atom stereocenters. The number of rotatable bonds is 4. The summed E-state index contributed by atoms with van der Waals surface area (Å²) in [6.07, 6.45) is 1.75. The van der Waals surface area contributed by atoms with E-state index in [1.165, 1.54) is 22.3 Å². The molecule has 0 atom stereocenters. The molecule has 6 aromatic rings. The molecule has 0 aliphatic carbocycles. The zero-order valence-electron chi connectivity index (χ0n) is 22.0. The summed E-state index contributed by atoms with van der Waals surface area (Å²) in [5.74, 6) is 0. The van der Waals surface area contributed by atoms with Gasteiger partial charge in [0.1, 0.15) is 5.58 Å². The van der Waals surface area contributed by atoms with Crippen molar-refractivity contribution in [3.63, 3.8) is 0 Å². The van der Waals surface area contributed by atoms with Gasteiger partial charge >= 0.3 is 0 Å². The maximum Gasteiger partial charge on any atom is 0.227 e. The summed E-state index contributed by atoms with van der Waals surface area (Å²) in [4.78, 5) is 9.10. The van der Waals surface area contributed by atoms with Crippen molar-refractivity contribution < 1.29 is 7.16 Å². The van der Waals surface area contributed by atoms with E-state index in [-0.39, 0.29) is 0 Å². The Balaban J connectivity index is 1.52. The summed E-state index contributed by atoms with van der Waals surface area (Å²) in [5.41, 5.74) is 10.1. The van der Waals surface area contributed by atoms with Crippen molar-refractivity contribution in [1.29, 1.82) is 0 Å². The molecule has 0 N–H and O–H groups in total. The van der Waals surface area contributed by atoms with Crippen LogP contribution in [0.15, 0.2) is 95.7 Å². The van der Waals surface area contributed by atoms with Crippen LogP contribution in [0.5, 0.6) is 0 Å². The second kappa shape index (κ2) is 8.52. The normalized spacial score (nSPS) is 12.7. The van der Waals surface area contributed by atoms with Crippen molar-refractivity contribution in [1.82, 2.24) is 9.97 Å². The highest BCUT2D eigenvalue weighted by molar-refractivity contribution is 6.06. The number of benzene rings is 3. The SMILES string of the molecule is [2H]C([2H])(c1ccccc1)c1ccnc2oc3ccc(-c4cc(-c5c(C)cc(C)cc5C)ccn4)cc3c12. The van der Waals surface area contributed by atoms with Crippen LogP contribution in [0.3, 0.4) is 0 Å². The average molecular weight is 457 g/mol. The van der Waals surface area contributed by atoms with Crippen molar-refractivity contribution in [3.8, 4) is 22.4 Å². The molecular weight excluding hydrogens is 428 g/mol. The topological polar surface area (TPSA) is 38.9 Å². The van der Waals surface area contributed by atoms with Crippen LogP contribution in [0.1, 0.15) is 30.6 Å². The number of pyridine rings is 2. The maximum atomic E-state index is 8.99. The molecule has 0 saturated carbocycles. The van der Waals surface area contributed by atoms with E-state index in [1.54, 1.807) is 12.3 Å². The van der Waals surface area contributed by atoms with Gasteiger partial charge in [0.05, 0.1) is 11.1 Å². The quantitative estimate of drug-likeness (QED) is 0.268. The van der Waals surface area contributed by atoms with Gasteiger partial charge in [0.25, 0.3) is 0 Å². The van der Waals surface area contributed by atoms with E-state index in [0.717, 1.165) is 22.2 Å². The largest absolute Gasteiger partial charge is 0.438 e. The lowest BCUT2D eigenvalue weighted by atomic mass is 9.93. The third-order valence-electron chi connectivity index (χ3n) is 6.45. The number of fused-ring (bicyclic) bond motifs is 3. The van der Waals surface area contributed by atoms with Crippen LogP contribution in [0.25, 0.3) is 44.5 Å². The number of hydrogen-bond acceptors (Lipinski definition) is 3. The molecule has 0 bridgehead atoms. The summed E-state index contributed by atoms with van der Waals surface area (Å²) in [6.45, 7) is 6.41. The van der Waals surface area contributed by atoms with Gasteiger partial charge in [0.2, 0.25) is 5.71 Å². The van der Waals surface area contributed by atoms with E-state index in [1.807, 2.05) is 54.7 Å². The van der Waals surface area contributed by atoms with Gasteiger partial charge in [-0.05, 0) is 96.9 Å². The van der Waals surface area contributed by atoms with Crippen LogP contribution in [-0.2, 0) is 6.37 Å². The van der Waals surface area contributed by atoms with Gasteiger partial charge in [-0.1, -0.05) is 48.0 Å². The predicted molar refractivity (Wildman–Crippen MR) is 144 cm³/mol. The minimum Gasteiger partial charge on any atom is -0.438 e. The van der Waals surface area contributed by atoms with Crippen LogP contribution in [-0.4, -0.2) is 9.97 Å². The Morgan fingerprint density at radius 1 is 0.771 bits per heavy atom. The Hall–Kier alpha value is -4.24. The van der Waals surface area contributed by atoms with E-state index in [9.17, 15) is 0 Å². The first-order valence-electron chi connectivity index (χ1n) is 12.7. The molecule has 0 spiro atoms. The summed E-state index contributed by atoms with van der Waals surface area (Å²) in [7, 11) is 0. The van der Waals surface area contributed by atoms with E-state index >= 15 is 0 Å². The average Bonchev–Trinajstić information content (AvgIpc) is 3.27. The van der Waals surface area contributed by atoms with Gasteiger partial charge in [-0.3, -0.25) is 4.98 Å². The number of furan rings is 1. The molecular formula is C32H26N2O. The third kappa shape index (κ3) is 3.89. The van der Waals surface area contributed by atoms with Crippen LogP contribution in [0.2, 0.25) is 0 Å². The summed E-state index contributed by atoms with van der Waals surface area (Å²) in [6, 6.07) is 25.5.